The second kappa shape index (κ2) is 7.73. The maximum absolute atomic E-state index is 5.94. The molecule has 0 unspecified atom stereocenters. The Bertz CT molecular complexity index is 1190. The zero-order chi connectivity index (χ0) is 19.7. The summed E-state index contributed by atoms with van der Waals surface area (Å²) in [7, 11) is 0. The molecule has 28 heavy (non-hydrogen) atoms. The molecule has 0 atom stereocenters. The van der Waals surface area contributed by atoms with Crippen molar-refractivity contribution in [2.45, 2.75) is 13.8 Å². The van der Waals surface area contributed by atoms with Gasteiger partial charge in [-0.2, -0.15) is 5.10 Å². The maximum Gasteiger partial charge on any atom is 0.226 e. The average Bonchev–Trinajstić information content (AvgIpc) is 3.03. The van der Waals surface area contributed by atoms with E-state index in [0.29, 0.717) is 22.4 Å². The normalized spacial score (nSPS) is 11.4. The highest BCUT2D eigenvalue weighted by Crippen LogP contribution is 2.27. The Labute approximate surface area is 175 Å². The summed E-state index contributed by atoms with van der Waals surface area (Å²) in [5, 5.41) is 6.01. The van der Waals surface area contributed by atoms with Crippen molar-refractivity contribution in [1.29, 1.82) is 0 Å². The van der Waals surface area contributed by atoms with Crippen LogP contribution in [0.1, 0.15) is 17.1 Å². The minimum atomic E-state index is 0.532. The largest absolute Gasteiger partial charge is 0.441 e. The van der Waals surface area contributed by atoms with Gasteiger partial charge in [-0.05, 0) is 62.4 Å². The Hall–Kier alpha value is -2.70. The highest BCUT2D eigenvalue weighted by atomic mass is 79.9. The maximum atomic E-state index is 5.94. The topological polar surface area (TPSA) is 63.3 Å². The molecule has 4 rings (SSSR count). The number of hydrogen-bond donors (Lipinski definition) is 1. The molecule has 2 aromatic carbocycles. The Kier molecular flexibility index (Phi) is 5.15. The smallest absolute Gasteiger partial charge is 0.226 e. The zero-order valence-corrected chi connectivity index (χ0v) is 17.5. The van der Waals surface area contributed by atoms with E-state index in [1.165, 1.54) is 0 Å². The van der Waals surface area contributed by atoms with E-state index in [4.69, 9.17) is 16.0 Å². The van der Waals surface area contributed by atoms with E-state index in [0.717, 1.165) is 32.3 Å². The quantitative estimate of drug-likeness (QED) is 0.287. The minimum Gasteiger partial charge on any atom is -0.441 e. The second-order valence-corrected chi connectivity index (χ2v) is 7.66. The number of benzene rings is 2. The predicted molar refractivity (Wildman–Crippen MR) is 117 cm³/mol. The molecule has 140 valence electrons. The number of fused-ring (bicyclic) bond motifs is 1. The van der Waals surface area contributed by atoms with E-state index in [1.54, 1.807) is 18.3 Å². The monoisotopic (exact) mass is 454 g/mol. The molecule has 0 aliphatic heterocycles. The SMILES string of the molecule is Cc1cc(N/N=C/c2nc(-c3ccc(Cl)cc3)oc2C)c2cc(Br)ccc2n1. The minimum absolute atomic E-state index is 0.532. The molecule has 2 heterocycles. The van der Waals surface area contributed by atoms with E-state index in [2.05, 4.69) is 36.4 Å². The van der Waals surface area contributed by atoms with Crippen LogP contribution >= 0.6 is 27.5 Å². The van der Waals surface area contributed by atoms with Crippen LogP contribution in [0.3, 0.4) is 0 Å². The third-order valence-corrected chi connectivity index (χ3v) is 4.94. The van der Waals surface area contributed by atoms with E-state index < -0.39 is 0 Å². The van der Waals surface area contributed by atoms with Crippen molar-refractivity contribution in [1.82, 2.24) is 9.97 Å². The lowest BCUT2D eigenvalue weighted by Crippen LogP contribution is -1.95. The first-order valence-electron chi connectivity index (χ1n) is 8.59. The number of halogens is 2. The molecule has 0 aliphatic carbocycles. The molecular weight excluding hydrogens is 440 g/mol. The van der Waals surface area contributed by atoms with Gasteiger partial charge in [0, 0.05) is 26.1 Å². The fraction of sp³-hybridized carbons (Fsp3) is 0.0952. The van der Waals surface area contributed by atoms with Gasteiger partial charge >= 0.3 is 0 Å². The lowest BCUT2D eigenvalue weighted by molar-refractivity contribution is 0.542. The number of anilines is 1. The van der Waals surface area contributed by atoms with Crippen molar-refractivity contribution in [3.8, 4) is 11.5 Å². The first-order valence-corrected chi connectivity index (χ1v) is 9.76. The van der Waals surface area contributed by atoms with Crippen LogP contribution in [0.15, 0.2) is 62.5 Å². The summed E-state index contributed by atoms with van der Waals surface area (Å²) in [4.78, 5) is 9.07. The van der Waals surface area contributed by atoms with Gasteiger partial charge in [-0.25, -0.2) is 4.98 Å². The van der Waals surface area contributed by atoms with Crippen molar-refractivity contribution in [3.05, 3.63) is 75.2 Å². The number of rotatable bonds is 4. The van der Waals surface area contributed by atoms with Crippen LogP contribution in [0.2, 0.25) is 5.02 Å². The Morgan fingerprint density at radius 1 is 1.07 bits per heavy atom. The van der Waals surface area contributed by atoms with Gasteiger partial charge in [0.25, 0.3) is 0 Å². The molecule has 2 aromatic heterocycles. The van der Waals surface area contributed by atoms with E-state index >= 15 is 0 Å². The van der Waals surface area contributed by atoms with Gasteiger partial charge in [0.15, 0.2) is 0 Å². The summed E-state index contributed by atoms with van der Waals surface area (Å²) in [6.07, 6.45) is 1.65. The Morgan fingerprint density at radius 3 is 2.64 bits per heavy atom. The number of pyridine rings is 1. The third-order valence-electron chi connectivity index (χ3n) is 4.19. The van der Waals surface area contributed by atoms with Crippen LogP contribution in [0, 0.1) is 13.8 Å². The lowest BCUT2D eigenvalue weighted by Gasteiger charge is -2.07. The molecular formula is C21H16BrClN4O. The summed E-state index contributed by atoms with van der Waals surface area (Å²) < 4.78 is 6.74. The second-order valence-electron chi connectivity index (χ2n) is 6.31. The van der Waals surface area contributed by atoms with Crippen LogP contribution in [0.5, 0.6) is 0 Å². The summed E-state index contributed by atoms with van der Waals surface area (Å²) in [6, 6.07) is 15.3. The van der Waals surface area contributed by atoms with Crippen LogP contribution < -0.4 is 5.43 Å². The van der Waals surface area contributed by atoms with Crippen molar-refractivity contribution in [2.24, 2.45) is 5.10 Å². The summed E-state index contributed by atoms with van der Waals surface area (Å²) >= 11 is 9.44. The first kappa shape index (κ1) is 18.7. The molecule has 0 amide bonds. The van der Waals surface area contributed by atoms with Crippen molar-refractivity contribution < 1.29 is 4.42 Å². The number of oxazole rings is 1. The van der Waals surface area contributed by atoms with Gasteiger partial charge in [-0.1, -0.05) is 27.5 Å². The van der Waals surface area contributed by atoms with E-state index in [1.807, 2.05) is 50.2 Å². The van der Waals surface area contributed by atoms with Gasteiger partial charge in [-0.3, -0.25) is 10.4 Å². The highest BCUT2D eigenvalue weighted by Gasteiger charge is 2.10. The highest BCUT2D eigenvalue weighted by molar-refractivity contribution is 9.10. The molecule has 0 radical (unpaired) electrons. The van der Waals surface area contributed by atoms with Crippen LogP contribution in [-0.4, -0.2) is 16.2 Å². The van der Waals surface area contributed by atoms with Crippen molar-refractivity contribution in [2.75, 3.05) is 5.43 Å². The molecule has 0 fully saturated rings. The van der Waals surface area contributed by atoms with Crippen molar-refractivity contribution >= 4 is 50.3 Å². The number of hydrazone groups is 1. The van der Waals surface area contributed by atoms with Gasteiger partial charge in [0.2, 0.25) is 5.89 Å². The van der Waals surface area contributed by atoms with Crippen molar-refractivity contribution in [3.63, 3.8) is 0 Å². The van der Waals surface area contributed by atoms with E-state index in [9.17, 15) is 0 Å². The zero-order valence-electron chi connectivity index (χ0n) is 15.2. The number of hydrogen-bond acceptors (Lipinski definition) is 5. The molecule has 0 aliphatic rings. The molecule has 1 N–H and O–H groups in total. The molecule has 0 bridgehead atoms. The first-order chi connectivity index (χ1) is 13.5. The predicted octanol–water partition coefficient (Wildman–Crippen LogP) is 6.37. The average molecular weight is 456 g/mol. The number of nitrogens with one attached hydrogen (secondary N) is 1. The van der Waals surface area contributed by atoms with Crippen LogP contribution in [0.25, 0.3) is 22.4 Å². The lowest BCUT2D eigenvalue weighted by atomic mass is 10.1. The molecule has 0 spiro atoms. The van der Waals surface area contributed by atoms with Crippen LogP contribution in [-0.2, 0) is 0 Å². The van der Waals surface area contributed by atoms with Gasteiger partial charge < -0.3 is 4.42 Å². The molecule has 0 saturated carbocycles. The molecule has 5 nitrogen and oxygen atoms in total. The molecule has 4 aromatic rings. The number of nitrogens with zero attached hydrogens (tertiary/aromatic N) is 3. The molecule has 0 saturated heterocycles. The summed E-state index contributed by atoms with van der Waals surface area (Å²) in [5.41, 5.74) is 7.31. The van der Waals surface area contributed by atoms with Gasteiger partial charge in [-0.15, -0.1) is 0 Å². The standard InChI is InChI=1S/C21H16BrClN4O/c1-12-9-19(17-10-15(22)5-8-18(17)25-12)27-24-11-20-13(2)28-21(26-20)14-3-6-16(23)7-4-14/h3-11H,1-2H3,(H,25,27)/b24-11+. The fourth-order valence-corrected chi connectivity index (χ4v) is 3.32. The molecule has 7 heteroatoms. The number of aromatic nitrogens is 2. The third kappa shape index (κ3) is 3.93. The Balaban J connectivity index is 1.60. The summed E-state index contributed by atoms with van der Waals surface area (Å²) in [6.45, 7) is 3.81. The van der Waals surface area contributed by atoms with Crippen LogP contribution in [0.4, 0.5) is 5.69 Å². The van der Waals surface area contributed by atoms with Gasteiger partial charge in [0.1, 0.15) is 11.5 Å². The van der Waals surface area contributed by atoms with Gasteiger partial charge in [0.05, 0.1) is 17.4 Å². The summed E-state index contributed by atoms with van der Waals surface area (Å²) in [5.74, 6) is 1.22. The number of aryl methyl sites for hydroxylation is 2. The Morgan fingerprint density at radius 2 is 1.86 bits per heavy atom. The van der Waals surface area contributed by atoms with E-state index in [-0.39, 0.29) is 0 Å². The fourth-order valence-electron chi connectivity index (χ4n) is 2.83.